The van der Waals surface area contributed by atoms with Crippen LogP contribution in [0.3, 0.4) is 0 Å². The monoisotopic (exact) mass is 222 g/mol. The minimum Gasteiger partial charge on any atom is -0.377 e. The Balaban J connectivity index is 2.60. The summed E-state index contributed by atoms with van der Waals surface area (Å²) in [5.74, 6) is 0.192. The smallest absolute Gasteiger partial charge is 0.215 e. The van der Waals surface area contributed by atoms with Crippen LogP contribution >= 0.6 is 0 Å². The third kappa shape index (κ3) is 2.91. The zero-order valence-corrected chi connectivity index (χ0v) is 9.29. The van der Waals surface area contributed by atoms with E-state index in [1.165, 1.54) is 4.31 Å². The highest BCUT2D eigenvalue weighted by Crippen LogP contribution is 2.10. The molecule has 1 aliphatic heterocycles. The third-order valence-corrected chi connectivity index (χ3v) is 4.20. The molecule has 6 heteroatoms. The Morgan fingerprint density at radius 1 is 1.57 bits per heavy atom. The summed E-state index contributed by atoms with van der Waals surface area (Å²) in [6.45, 7) is 3.09. The fraction of sp³-hybridized carbons (Fsp3) is 1.00. The van der Waals surface area contributed by atoms with Gasteiger partial charge in [0.2, 0.25) is 10.0 Å². The van der Waals surface area contributed by atoms with Gasteiger partial charge in [-0.25, -0.2) is 8.42 Å². The topological polar surface area (TPSA) is 72.6 Å². The van der Waals surface area contributed by atoms with E-state index >= 15 is 0 Å². The van der Waals surface area contributed by atoms with Gasteiger partial charge in [0.05, 0.1) is 25.1 Å². The minimum absolute atomic E-state index is 0.192. The van der Waals surface area contributed by atoms with E-state index in [0.29, 0.717) is 26.2 Å². The Labute approximate surface area is 85.3 Å². The second-order valence-corrected chi connectivity index (χ2v) is 5.46. The van der Waals surface area contributed by atoms with E-state index < -0.39 is 16.2 Å². The molecule has 84 valence electrons. The van der Waals surface area contributed by atoms with E-state index in [9.17, 15) is 8.42 Å². The summed E-state index contributed by atoms with van der Waals surface area (Å²) in [5.41, 5.74) is 5.66. The van der Waals surface area contributed by atoms with E-state index in [-0.39, 0.29) is 5.75 Å². The zero-order chi connectivity index (χ0) is 10.6. The van der Waals surface area contributed by atoms with Crippen LogP contribution in [-0.4, -0.2) is 44.4 Å². The molecule has 1 heterocycles. The van der Waals surface area contributed by atoms with Crippen LogP contribution in [0.1, 0.15) is 19.8 Å². The van der Waals surface area contributed by atoms with E-state index in [0.717, 1.165) is 6.42 Å². The first kappa shape index (κ1) is 11.9. The van der Waals surface area contributed by atoms with Crippen molar-refractivity contribution < 1.29 is 13.2 Å². The van der Waals surface area contributed by atoms with Crippen molar-refractivity contribution in [2.75, 3.05) is 25.5 Å². The maximum Gasteiger partial charge on any atom is 0.215 e. The van der Waals surface area contributed by atoms with Crippen LogP contribution in [0.25, 0.3) is 0 Å². The van der Waals surface area contributed by atoms with Gasteiger partial charge in [-0.2, -0.15) is 4.31 Å². The number of sulfonamides is 1. The molecule has 0 bridgehead atoms. The van der Waals surface area contributed by atoms with Crippen molar-refractivity contribution in [3.8, 4) is 0 Å². The third-order valence-electron chi connectivity index (χ3n) is 2.23. The number of hydrogen-bond donors (Lipinski definition) is 1. The largest absolute Gasteiger partial charge is 0.377 e. The minimum atomic E-state index is -3.17. The lowest BCUT2D eigenvalue weighted by Gasteiger charge is -2.31. The maximum absolute atomic E-state index is 11.7. The molecular formula is C8H18N2O3S. The summed E-state index contributed by atoms with van der Waals surface area (Å²) in [6.07, 6.45) is 1.05. The maximum atomic E-state index is 11.7. The molecule has 2 N–H and O–H groups in total. The number of morpholine rings is 1. The van der Waals surface area contributed by atoms with Gasteiger partial charge >= 0.3 is 0 Å². The molecule has 0 aromatic rings. The van der Waals surface area contributed by atoms with Crippen LogP contribution in [0.2, 0.25) is 0 Å². The van der Waals surface area contributed by atoms with Crippen LogP contribution < -0.4 is 5.73 Å². The van der Waals surface area contributed by atoms with Crippen LogP contribution in [0, 0.1) is 0 Å². The number of unbranched alkanes of at least 4 members (excludes halogenated alkanes) is 1. The molecule has 1 atom stereocenters. The van der Waals surface area contributed by atoms with Gasteiger partial charge in [0.1, 0.15) is 0 Å². The van der Waals surface area contributed by atoms with Crippen LogP contribution in [0.4, 0.5) is 0 Å². The molecule has 14 heavy (non-hydrogen) atoms. The number of nitrogens with two attached hydrogens (primary N) is 1. The molecule has 0 radical (unpaired) electrons. The van der Waals surface area contributed by atoms with Crippen LogP contribution in [0.5, 0.6) is 0 Å². The summed E-state index contributed by atoms with van der Waals surface area (Å²) in [5, 5.41) is 0. The summed E-state index contributed by atoms with van der Waals surface area (Å²) in [6, 6.07) is 0. The van der Waals surface area contributed by atoms with Crippen LogP contribution in [0.15, 0.2) is 0 Å². The average molecular weight is 222 g/mol. The first-order chi connectivity index (χ1) is 6.58. The SMILES string of the molecule is CCCCS(=O)(=O)N1CCOCC1N. The number of nitrogens with zero attached hydrogens (tertiary/aromatic N) is 1. The Hall–Kier alpha value is -0.170. The van der Waals surface area contributed by atoms with E-state index in [1.807, 2.05) is 6.92 Å². The highest BCUT2D eigenvalue weighted by molar-refractivity contribution is 7.89. The average Bonchev–Trinajstić information content (AvgIpc) is 2.15. The highest BCUT2D eigenvalue weighted by Gasteiger charge is 2.29. The summed E-state index contributed by atoms with van der Waals surface area (Å²) in [7, 11) is -3.17. The molecule has 1 rings (SSSR count). The first-order valence-corrected chi connectivity index (χ1v) is 6.51. The fourth-order valence-corrected chi connectivity index (χ4v) is 3.11. The standard InChI is InChI=1S/C8H18N2O3S/c1-2-3-6-14(11,12)10-4-5-13-7-8(10)9/h8H,2-7,9H2,1H3. The lowest BCUT2D eigenvalue weighted by Crippen LogP contribution is -2.53. The first-order valence-electron chi connectivity index (χ1n) is 4.91. The lowest BCUT2D eigenvalue weighted by atomic mass is 10.4. The molecule has 0 spiro atoms. The van der Waals surface area contributed by atoms with Crippen molar-refractivity contribution >= 4 is 10.0 Å². The van der Waals surface area contributed by atoms with Gasteiger partial charge in [0.15, 0.2) is 0 Å². The van der Waals surface area contributed by atoms with Crippen molar-refractivity contribution in [2.45, 2.75) is 25.9 Å². The van der Waals surface area contributed by atoms with E-state index in [4.69, 9.17) is 10.5 Å². The molecule has 1 fully saturated rings. The van der Waals surface area contributed by atoms with Crippen molar-refractivity contribution in [1.82, 2.24) is 4.31 Å². The Bertz CT molecular complexity index is 266. The van der Waals surface area contributed by atoms with Crippen molar-refractivity contribution in [2.24, 2.45) is 5.73 Å². The lowest BCUT2D eigenvalue weighted by molar-refractivity contribution is 0.0350. The molecule has 1 unspecified atom stereocenters. The van der Waals surface area contributed by atoms with Crippen molar-refractivity contribution in [3.63, 3.8) is 0 Å². The Morgan fingerprint density at radius 2 is 2.29 bits per heavy atom. The normalized spacial score (nSPS) is 25.1. The quantitative estimate of drug-likeness (QED) is 0.711. The fourth-order valence-electron chi connectivity index (χ4n) is 1.40. The van der Waals surface area contributed by atoms with Crippen molar-refractivity contribution in [1.29, 1.82) is 0 Å². The van der Waals surface area contributed by atoms with Crippen LogP contribution in [-0.2, 0) is 14.8 Å². The van der Waals surface area contributed by atoms with E-state index in [1.54, 1.807) is 0 Å². The summed E-state index contributed by atoms with van der Waals surface area (Å²) < 4.78 is 29.9. The van der Waals surface area contributed by atoms with Gasteiger partial charge in [-0.15, -0.1) is 0 Å². The predicted molar refractivity (Wildman–Crippen MR) is 54.2 cm³/mol. The Morgan fingerprint density at radius 3 is 2.86 bits per heavy atom. The van der Waals surface area contributed by atoms with Gasteiger partial charge < -0.3 is 10.5 Å². The van der Waals surface area contributed by atoms with Gasteiger partial charge in [-0.3, -0.25) is 0 Å². The highest BCUT2D eigenvalue weighted by atomic mass is 32.2. The van der Waals surface area contributed by atoms with Gasteiger partial charge in [0, 0.05) is 6.54 Å². The second-order valence-electron chi connectivity index (χ2n) is 3.42. The van der Waals surface area contributed by atoms with Gasteiger partial charge in [-0.1, -0.05) is 13.3 Å². The number of ether oxygens (including phenoxy) is 1. The molecule has 0 aliphatic carbocycles. The molecule has 1 saturated heterocycles. The molecule has 5 nitrogen and oxygen atoms in total. The molecule has 0 aromatic carbocycles. The van der Waals surface area contributed by atoms with Gasteiger partial charge in [-0.05, 0) is 6.42 Å². The predicted octanol–water partition coefficient (Wildman–Crippen LogP) is -0.267. The molecule has 0 amide bonds. The number of hydrogen-bond acceptors (Lipinski definition) is 4. The molecule has 1 aliphatic rings. The summed E-state index contributed by atoms with van der Waals surface area (Å²) in [4.78, 5) is 0. The second kappa shape index (κ2) is 5.06. The Kier molecular flexibility index (Phi) is 4.31. The van der Waals surface area contributed by atoms with Gasteiger partial charge in [0.25, 0.3) is 0 Å². The van der Waals surface area contributed by atoms with Crippen molar-refractivity contribution in [3.05, 3.63) is 0 Å². The number of rotatable bonds is 4. The molecular weight excluding hydrogens is 204 g/mol. The molecule has 0 saturated carbocycles. The zero-order valence-electron chi connectivity index (χ0n) is 8.48. The van der Waals surface area contributed by atoms with E-state index in [2.05, 4.69) is 0 Å². The summed E-state index contributed by atoms with van der Waals surface area (Å²) >= 11 is 0. The molecule has 0 aromatic heterocycles.